The number of carbonyl (C=O) groups is 2. The van der Waals surface area contributed by atoms with Crippen molar-refractivity contribution < 1.29 is 14.3 Å². The van der Waals surface area contributed by atoms with Crippen molar-refractivity contribution in [3.05, 3.63) is 70.8 Å². The number of aryl methyl sites for hydroxylation is 2. The maximum Gasteiger partial charge on any atom is 0.408 e. The van der Waals surface area contributed by atoms with E-state index in [1.165, 1.54) is 0 Å². The monoisotopic (exact) mass is 295 g/mol. The van der Waals surface area contributed by atoms with Gasteiger partial charge in [-0.2, -0.15) is 0 Å². The van der Waals surface area contributed by atoms with Crippen LogP contribution in [0.15, 0.2) is 48.5 Å². The number of ether oxygens (including phenoxy) is 1. The van der Waals surface area contributed by atoms with Crippen molar-refractivity contribution >= 4 is 11.9 Å². The first-order valence-corrected chi connectivity index (χ1v) is 7.19. The number of benzene rings is 2. The van der Waals surface area contributed by atoms with Crippen LogP contribution in [0.4, 0.5) is 4.79 Å². The maximum absolute atomic E-state index is 12.6. The molecule has 22 heavy (non-hydrogen) atoms. The van der Waals surface area contributed by atoms with Crippen molar-refractivity contribution in [3.63, 3.8) is 0 Å². The molecule has 4 nitrogen and oxygen atoms in total. The van der Waals surface area contributed by atoms with Crippen molar-refractivity contribution in [3.8, 4) is 0 Å². The number of nitrogens with one attached hydrogen (secondary N) is 1. The molecule has 2 atom stereocenters. The molecule has 1 fully saturated rings. The first-order valence-electron chi connectivity index (χ1n) is 7.19. The third kappa shape index (κ3) is 2.72. The van der Waals surface area contributed by atoms with Crippen molar-refractivity contribution in [1.82, 2.24) is 5.32 Å². The largest absolute Gasteiger partial charge is 0.435 e. The van der Waals surface area contributed by atoms with Crippen LogP contribution in [0.2, 0.25) is 0 Å². The van der Waals surface area contributed by atoms with E-state index in [0.717, 1.165) is 16.7 Å². The Bertz CT molecular complexity index is 704. The Morgan fingerprint density at radius 3 is 2.09 bits per heavy atom. The number of hydrogen-bond donors (Lipinski definition) is 1. The van der Waals surface area contributed by atoms with E-state index < -0.39 is 18.2 Å². The minimum Gasteiger partial charge on any atom is -0.435 e. The maximum atomic E-state index is 12.6. The molecule has 0 aromatic heterocycles. The van der Waals surface area contributed by atoms with Gasteiger partial charge in [-0.25, -0.2) is 4.79 Å². The summed E-state index contributed by atoms with van der Waals surface area (Å²) in [4.78, 5) is 24.2. The van der Waals surface area contributed by atoms with Crippen molar-refractivity contribution in [2.24, 2.45) is 0 Å². The summed E-state index contributed by atoms with van der Waals surface area (Å²) in [6, 6.07) is 14.5. The van der Waals surface area contributed by atoms with Crippen molar-refractivity contribution in [1.29, 1.82) is 0 Å². The highest BCUT2D eigenvalue weighted by Crippen LogP contribution is 2.27. The molecule has 1 saturated heterocycles. The lowest BCUT2D eigenvalue weighted by atomic mass is 9.95. The molecule has 0 radical (unpaired) electrons. The summed E-state index contributed by atoms with van der Waals surface area (Å²) < 4.78 is 5.21. The lowest BCUT2D eigenvalue weighted by molar-refractivity contribution is 0.0721. The first-order chi connectivity index (χ1) is 10.5. The normalized spacial score (nSPS) is 20.4. The summed E-state index contributed by atoms with van der Waals surface area (Å²) in [6.07, 6.45) is -1.39. The number of cyclic esters (lactones) is 1. The summed E-state index contributed by atoms with van der Waals surface area (Å²) in [6.45, 7) is 3.95. The molecule has 2 aromatic carbocycles. The van der Waals surface area contributed by atoms with E-state index in [4.69, 9.17) is 4.74 Å². The van der Waals surface area contributed by atoms with Crippen LogP contribution in [0.25, 0.3) is 0 Å². The number of Topliss-reactive ketones (excluding diaryl/α,β-unsaturated/α-hetero) is 1. The van der Waals surface area contributed by atoms with Gasteiger partial charge in [-0.05, 0) is 19.4 Å². The number of carbonyl (C=O) groups excluding carboxylic acids is 2. The number of rotatable bonds is 3. The highest BCUT2D eigenvalue weighted by Gasteiger charge is 2.40. The molecule has 3 rings (SSSR count). The second kappa shape index (κ2) is 5.64. The van der Waals surface area contributed by atoms with Crippen LogP contribution in [0.5, 0.6) is 0 Å². The average molecular weight is 295 g/mol. The lowest BCUT2D eigenvalue weighted by Gasteiger charge is -2.16. The van der Waals surface area contributed by atoms with Gasteiger partial charge in [-0.15, -0.1) is 0 Å². The number of alkyl carbamates (subject to hydrolysis) is 1. The third-order valence-corrected chi connectivity index (χ3v) is 3.84. The molecule has 1 amide bonds. The van der Waals surface area contributed by atoms with Gasteiger partial charge < -0.3 is 10.1 Å². The second-order valence-corrected chi connectivity index (χ2v) is 5.59. The fraction of sp³-hybridized carbons (Fsp3) is 0.222. The zero-order valence-corrected chi connectivity index (χ0v) is 12.5. The minimum atomic E-state index is -0.835. The van der Waals surface area contributed by atoms with Gasteiger partial charge >= 0.3 is 6.09 Å². The Balaban J connectivity index is 1.90. The number of hydrogen-bond acceptors (Lipinski definition) is 3. The molecule has 1 aliphatic rings. The quantitative estimate of drug-likeness (QED) is 0.884. The zero-order valence-electron chi connectivity index (χ0n) is 12.5. The van der Waals surface area contributed by atoms with Crippen LogP contribution < -0.4 is 5.32 Å². The van der Waals surface area contributed by atoms with Gasteiger partial charge in [-0.1, -0.05) is 59.7 Å². The van der Waals surface area contributed by atoms with E-state index in [-0.39, 0.29) is 5.78 Å². The number of amides is 1. The Hall–Kier alpha value is -2.62. The minimum absolute atomic E-state index is 0.191. The predicted molar refractivity (Wildman–Crippen MR) is 82.8 cm³/mol. The molecule has 1 heterocycles. The molecule has 0 unspecified atom stereocenters. The Morgan fingerprint density at radius 2 is 1.50 bits per heavy atom. The van der Waals surface area contributed by atoms with Gasteiger partial charge in [0.05, 0.1) is 0 Å². The van der Waals surface area contributed by atoms with Crippen LogP contribution in [0.1, 0.15) is 33.1 Å². The molecule has 1 aliphatic heterocycles. The summed E-state index contributed by atoms with van der Waals surface area (Å²) >= 11 is 0. The first kappa shape index (κ1) is 14.3. The fourth-order valence-electron chi connectivity index (χ4n) is 2.54. The molecule has 0 spiro atoms. The molecule has 1 N–H and O–H groups in total. The Morgan fingerprint density at radius 1 is 0.955 bits per heavy atom. The molecular weight excluding hydrogens is 278 g/mol. The Kier molecular flexibility index (Phi) is 3.67. The van der Waals surface area contributed by atoms with Gasteiger partial charge in [0.2, 0.25) is 5.78 Å². The summed E-state index contributed by atoms with van der Waals surface area (Å²) in [7, 11) is 0. The van der Waals surface area contributed by atoms with Crippen LogP contribution in [-0.2, 0) is 4.74 Å². The highest BCUT2D eigenvalue weighted by atomic mass is 16.6. The zero-order chi connectivity index (χ0) is 15.7. The molecule has 2 aromatic rings. The summed E-state index contributed by atoms with van der Waals surface area (Å²) in [5.41, 5.74) is 3.61. The molecule has 0 aliphatic carbocycles. The second-order valence-electron chi connectivity index (χ2n) is 5.59. The molecule has 112 valence electrons. The predicted octanol–water partition coefficient (Wildman–Crippen LogP) is 3.34. The Labute approximate surface area is 129 Å². The molecule has 0 bridgehead atoms. The van der Waals surface area contributed by atoms with Crippen molar-refractivity contribution in [2.45, 2.75) is 26.0 Å². The van der Waals surface area contributed by atoms with Gasteiger partial charge in [0.25, 0.3) is 0 Å². The van der Waals surface area contributed by atoms with E-state index in [1.54, 1.807) is 12.1 Å². The smallest absolute Gasteiger partial charge is 0.408 e. The van der Waals surface area contributed by atoms with Crippen LogP contribution >= 0.6 is 0 Å². The van der Waals surface area contributed by atoms with Gasteiger partial charge in [0.1, 0.15) is 6.04 Å². The van der Waals surface area contributed by atoms with E-state index in [0.29, 0.717) is 5.56 Å². The van der Waals surface area contributed by atoms with E-state index in [1.807, 2.05) is 50.2 Å². The topological polar surface area (TPSA) is 55.4 Å². The van der Waals surface area contributed by atoms with Gasteiger partial charge in [-0.3, -0.25) is 4.79 Å². The third-order valence-electron chi connectivity index (χ3n) is 3.84. The van der Waals surface area contributed by atoms with E-state index in [2.05, 4.69) is 5.32 Å². The standard InChI is InChI=1S/C18H17NO3/c1-11-3-7-13(8-4-11)15-17(22-18(21)19-15)16(20)14-9-5-12(2)6-10-14/h3-10,15,17H,1-2H3,(H,19,21)/t15-,17-/m1/s1. The number of ketones is 1. The average Bonchev–Trinajstić information content (AvgIpc) is 2.90. The fourth-order valence-corrected chi connectivity index (χ4v) is 2.54. The van der Waals surface area contributed by atoms with Gasteiger partial charge in [0, 0.05) is 5.56 Å². The van der Waals surface area contributed by atoms with E-state index in [9.17, 15) is 9.59 Å². The SMILES string of the molecule is Cc1ccc(C(=O)[C@@H]2OC(=O)N[C@@H]2c2ccc(C)cc2)cc1. The highest BCUT2D eigenvalue weighted by molar-refractivity contribution is 6.02. The van der Waals surface area contributed by atoms with Crippen LogP contribution in [-0.4, -0.2) is 18.0 Å². The molecule has 0 saturated carbocycles. The van der Waals surface area contributed by atoms with Crippen LogP contribution in [0.3, 0.4) is 0 Å². The van der Waals surface area contributed by atoms with Crippen LogP contribution in [0, 0.1) is 13.8 Å². The molecule has 4 heteroatoms. The molecular formula is C18H17NO3. The van der Waals surface area contributed by atoms with E-state index >= 15 is 0 Å². The lowest BCUT2D eigenvalue weighted by Crippen LogP contribution is -2.29. The summed E-state index contributed by atoms with van der Waals surface area (Å²) in [5, 5.41) is 2.72. The van der Waals surface area contributed by atoms with Crippen molar-refractivity contribution in [2.75, 3.05) is 0 Å². The van der Waals surface area contributed by atoms with Gasteiger partial charge in [0.15, 0.2) is 6.10 Å². The summed E-state index contributed by atoms with van der Waals surface area (Å²) in [5.74, 6) is -0.191.